The first-order valence-corrected chi connectivity index (χ1v) is 15.8. The molecule has 3 aliphatic rings. The van der Waals surface area contributed by atoms with Gasteiger partial charge in [0.05, 0.1) is 24.1 Å². The van der Waals surface area contributed by atoms with E-state index < -0.39 is 35.5 Å². The van der Waals surface area contributed by atoms with Crippen LogP contribution >= 0.6 is 11.8 Å². The number of carboxylic acids is 1. The molecule has 6 N–H and O–H groups in total. The number of phenols is 1. The van der Waals surface area contributed by atoms with Gasteiger partial charge in [0.25, 0.3) is 0 Å². The molecule has 0 aromatic heterocycles. The fourth-order valence-electron chi connectivity index (χ4n) is 5.95. The SMILES string of the molecule is CCc1cc(O)c(Oc2ccc(C(N)=O)cc2F)cc1F.C[C@@H](O)[C@H]1C(=O)N2C(C(=O)O)=C(S[C@@H]3CN[C@H](C(=O)N(C)C)C3)[C@H](C)[C@H]12. The number of aromatic hydroxyl groups is 1. The van der Waals surface area contributed by atoms with E-state index in [1.807, 2.05) is 6.92 Å². The number of carbonyl (C=O) groups is 4. The molecule has 2 aromatic rings. The van der Waals surface area contributed by atoms with Crippen molar-refractivity contribution >= 4 is 35.5 Å². The summed E-state index contributed by atoms with van der Waals surface area (Å²) in [6.45, 7) is 5.82. The van der Waals surface area contributed by atoms with Crippen molar-refractivity contribution in [3.8, 4) is 17.2 Å². The average molecular weight is 677 g/mol. The second-order valence-electron chi connectivity index (χ2n) is 11.8. The number of thioether (sulfide) groups is 1. The Bertz CT molecular complexity index is 1620. The highest BCUT2D eigenvalue weighted by molar-refractivity contribution is 8.03. The number of aliphatic hydroxyl groups excluding tert-OH is 1. The summed E-state index contributed by atoms with van der Waals surface area (Å²) in [5.74, 6) is -5.07. The van der Waals surface area contributed by atoms with Crippen molar-refractivity contribution in [2.24, 2.45) is 17.6 Å². The Morgan fingerprint density at radius 2 is 1.85 bits per heavy atom. The number of aliphatic carboxylic acids is 1. The number of benzene rings is 2. The van der Waals surface area contributed by atoms with Gasteiger partial charge in [-0.3, -0.25) is 14.4 Å². The number of nitrogens with two attached hydrogens (primary N) is 1. The second-order valence-corrected chi connectivity index (χ2v) is 13.2. The number of nitrogens with zero attached hydrogens (tertiary/aromatic N) is 2. The van der Waals surface area contributed by atoms with Crippen LogP contribution in [-0.2, 0) is 20.8 Å². The minimum atomic E-state index is -1.12. The molecule has 3 aliphatic heterocycles. The normalized spacial score (nSPS) is 23.8. The van der Waals surface area contributed by atoms with Gasteiger partial charge in [-0.25, -0.2) is 13.6 Å². The molecule has 47 heavy (non-hydrogen) atoms. The lowest BCUT2D eigenvalue weighted by Gasteiger charge is -2.46. The van der Waals surface area contributed by atoms with Gasteiger partial charge in [-0.15, -0.1) is 11.8 Å². The fraction of sp³-hybridized carbons (Fsp3) is 0.438. The highest BCUT2D eigenvalue weighted by Gasteiger charge is 2.60. The van der Waals surface area contributed by atoms with Crippen LogP contribution in [0.2, 0.25) is 0 Å². The number of hydrogen-bond acceptors (Lipinski definition) is 9. The molecule has 0 spiro atoms. The Morgan fingerprint density at radius 1 is 1.17 bits per heavy atom. The lowest BCUT2D eigenvalue weighted by atomic mass is 9.79. The second kappa shape index (κ2) is 14.3. The minimum Gasteiger partial charge on any atom is -0.504 e. The summed E-state index contributed by atoms with van der Waals surface area (Å²) >= 11 is 1.45. The molecular formula is C32H38F2N4O8S. The van der Waals surface area contributed by atoms with E-state index in [-0.39, 0.29) is 63.6 Å². The summed E-state index contributed by atoms with van der Waals surface area (Å²) < 4.78 is 32.6. The molecule has 3 heterocycles. The molecule has 6 atom stereocenters. The summed E-state index contributed by atoms with van der Waals surface area (Å²) in [7, 11) is 3.42. The van der Waals surface area contributed by atoms with Crippen LogP contribution in [0.5, 0.6) is 17.2 Å². The smallest absolute Gasteiger partial charge is 0.353 e. The minimum absolute atomic E-state index is 0.00757. The number of fused-ring (bicyclic) bond motifs is 1. The molecule has 2 saturated heterocycles. The number of primary amides is 1. The molecule has 0 radical (unpaired) electrons. The molecule has 5 rings (SSSR count). The standard InChI is InChI=1S/C17H25N3O5S.C15H13F2NO3/c1-7-12-11(8(2)21)16(23)20(12)13(17(24)25)14(7)26-9-5-10(18-6-9)15(22)19(3)4;1-2-8-6-12(19)14(7-10(8)16)21-13-4-3-9(15(18)20)5-11(13)17/h7-12,18,21H,5-6H2,1-4H3,(H,24,25);3-7,19H,2H2,1H3,(H2,18,20)/t7-,8-,9+,10+,11-,12-;/m1./s1. The van der Waals surface area contributed by atoms with Crippen molar-refractivity contribution in [1.82, 2.24) is 15.1 Å². The van der Waals surface area contributed by atoms with E-state index in [2.05, 4.69) is 5.32 Å². The van der Waals surface area contributed by atoms with E-state index in [4.69, 9.17) is 10.5 Å². The summed E-state index contributed by atoms with van der Waals surface area (Å²) in [5, 5.41) is 32.5. The van der Waals surface area contributed by atoms with Crippen molar-refractivity contribution in [1.29, 1.82) is 0 Å². The Kier molecular flexibility index (Phi) is 10.8. The monoisotopic (exact) mass is 676 g/mol. The fourth-order valence-corrected chi connectivity index (χ4v) is 7.42. The van der Waals surface area contributed by atoms with Gasteiger partial charge < -0.3 is 40.9 Å². The Morgan fingerprint density at radius 3 is 2.40 bits per heavy atom. The quantitative estimate of drug-likeness (QED) is 0.248. The van der Waals surface area contributed by atoms with Gasteiger partial charge in [0, 0.05) is 48.3 Å². The van der Waals surface area contributed by atoms with E-state index in [1.54, 1.807) is 32.8 Å². The molecule has 2 fully saturated rings. The largest absolute Gasteiger partial charge is 0.504 e. The van der Waals surface area contributed by atoms with Gasteiger partial charge in [-0.1, -0.05) is 13.8 Å². The van der Waals surface area contributed by atoms with Gasteiger partial charge in [0.15, 0.2) is 23.1 Å². The van der Waals surface area contributed by atoms with Crippen molar-refractivity contribution in [3.63, 3.8) is 0 Å². The molecule has 0 aliphatic carbocycles. The van der Waals surface area contributed by atoms with Gasteiger partial charge in [0.1, 0.15) is 11.5 Å². The van der Waals surface area contributed by atoms with Crippen molar-refractivity contribution in [2.75, 3.05) is 20.6 Å². The third-order valence-electron chi connectivity index (χ3n) is 8.38. The molecular weight excluding hydrogens is 638 g/mol. The number of likely N-dealkylation sites (N-methyl/N-ethyl adjacent to an activating group) is 1. The number of ether oxygens (including phenoxy) is 1. The van der Waals surface area contributed by atoms with Crippen LogP contribution in [0.15, 0.2) is 40.9 Å². The summed E-state index contributed by atoms with van der Waals surface area (Å²) in [4.78, 5) is 50.7. The van der Waals surface area contributed by atoms with E-state index in [0.29, 0.717) is 29.9 Å². The Hall–Kier alpha value is -4.21. The third kappa shape index (κ3) is 7.21. The van der Waals surface area contributed by atoms with Crippen molar-refractivity contribution in [2.45, 2.75) is 57.1 Å². The number of nitrogens with one attached hydrogen (secondary N) is 1. The molecule has 0 unspecified atom stereocenters. The van der Waals surface area contributed by atoms with Crippen LogP contribution < -0.4 is 15.8 Å². The van der Waals surface area contributed by atoms with Gasteiger partial charge >= 0.3 is 5.97 Å². The maximum Gasteiger partial charge on any atom is 0.353 e. The summed E-state index contributed by atoms with van der Waals surface area (Å²) in [6.07, 6.45) is 0.214. The number of carbonyl (C=O) groups excluding carboxylic acids is 3. The Balaban J connectivity index is 0.000000218. The summed E-state index contributed by atoms with van der Waals surface area (Å²) in [5.41, 5.74) is 5.37. The summed E-state index contributed by atoms with van der Waals surface area (Å²) in [6, 6.07) is 5.00. The third-order valence-corrected chi connectivity index (χ3v) is 9.89. The number of aryl methyl sites for hydroxylation is 1. The number of phenolic OH excluding ortho intramolecular Hbond substituents is 1. The first-order chi connectivity index (χ1) is 22.1. The zero-order chi connectivity index (χ0) is 34.9. The van der Waals surface area contributed by atoms with E-state index in [1.165, 1.54) is 34.9 Å². The van der Waals surface area contributed by atoms with E-state index in [0.717, 1.165) is 12.1 Å². The molecule has 2 aromatic carbocycles. The number of rotatable bonds is 9. The van der Waals surface area contributed by atoms with Crippen molar-refractivity contribution in [3.05, 3.63) is 63.7 Å². The number of halogens is 2. The van der Waals surface area contributed by atoms with Crippen LogP contribution in [0.3, 0.4) is 0 Å². The number of amides is 3. The lowest BCUT2D eigenvalue weighted by molar-refractivity contribution is -0.163. The molecule has 12 nitrogen and oxygen atoms in total. The molecule has 15 heteroatoms. The number of carboxylic acid groups (broad SMARTS) is 1. The zero-order valence-corrected chi connectivity index (χ0v) is 27.3. The van der Waals surface area contributed by atoms with Crippen LogP contribution in [0.25, 0.3) is 0 Å². The first-order valence-electron chi connectivity index (χ1n) is 15.0. The highest BCUT2D eigenvalue weighted by Crippen LogP contribution is 2.51. The maximum atomic E-state index is 13.8. The predicted molar refractivity (Wildman–Crippen MR) is 169 cm³/mol. The van der Waals surface area contributed by atoms with Gasteiger partial charge in [0.2, 0.25) is 17.7 Å². The predicted octanol–water partition coefficient (Wildman–Crippen LogP) is 2.82. The zero-order valence-electron chi connectivity index (χ0n) is 26.5. The lowest BCUT2D eigenvalue weighted by Crippen LogP contribution is -2.63. The number of aliphatic hydroxyl groups is 1. The topological polar surface area (TPSA) is 183 Å². The van der Waals surface area contributed by atoms with E-state index >= 15 is 0 Å². The highest BCUT2D eigenvalue weighted by atomic mass is 32.2. The molecule has 0 saturated carbocycles. The molecule has 3 amide bonds. The van der Waals surface area contributed by atoms with Crippen LogP contribution in [0.1, 0.15) is 43.1 Å². The van der Waals surface area contributed by atoms with Crippen LogP contribution in [-0.4, -0.2) is 92.9 Å². The van der Waals surface area contributed by atoms with Gasteiger partial charge in [-0.05, 0) is 49.6 Å². The number of β-lactam (4-membered cyclic amide) rings is 1. The van der Waals surface area contributed by atoms with Crippen molar-refractivity contribution < 1.29 is 48.0 Å². The molecule has 0 bridgehead atoms. The first kappa shape index (κ1) is 35.6. The van der Waals surface area contributed by atoms with Gasteiger partial charge in [-0.2, -0.15) is 0 Å². The van der Waals surface area contributed by atoms with E-state index in [9.17, 15) is 43.3 Å². The Labute approximate surface area is 274 Å². The number of hydrogen-bond donors (Lipinski definition) is 5. The average Bonchev–Trinajstić information content (AvgIpc) is 3.56. The molecule has 254 valence electrons. The van der Waals surface area contributed by atoms with Crippen LogP contribution in [0, 0.1) is 23.5 Å². The van der Waals surface area contributed by atoms with Crippen LogP contribution in [0.4, 0.5) is 8.78 Å². The maximum absolute atomic E-state index is 13.8.